The van der Waals surface area contributed by atoms with Gasteiger partial charge in [0, 0.05) is 24.8 Å². The van der Waals surface area contributed by atoms with Gasteiger partial charge in [-0.05, 0) is 52.1 Å². The van der Waals surface area contributed by atoms with Gasteiger partial charge in [0.15, 0.2) is 0 Å². The Labute approximate surface area is 132 Å². The number of anilines is 3. The molecule has 1 heterocycles. The lowest BCUT2D eigenvalue weighted by atomic mass is 10.1. The van der Waals surface area contributed by atoms with Gasteiger partial charge in [-0.25, -0.2) is 9.97 Å². The van der Waals surface area contributed by atoms with Crippen LogP contribution < -0.4 is 10.6 Å². The number of likely N-dealkylation sites (N-methyl/N-ethyl adjacent to an activating group) is 1. The van der Waals surface area contributed by atoms with Gasteiger partial charge in [-0.15, -0.1) is 0 Å². The van der Waals surface area contributed by atoms with Crippen LogP contribution in [0, 0.1) is 20.8 Å². The molecule has 22 heavy (non-hydrogen) atoms. The fraction of sp³-hybridized carbons (Fsp3) is 0.412. The molecule has 2 aromatic rings. The topological polar surface area (TPSA) is 53.1 Å². The molecule has 0 spiro atoms. The van der Waals surface area contributed by atoms with E-state index in [4.69, 9.17) is 0 Å². The highest BCUT2D eigenvalue weighted by atomic mass is 15.1. The predicted molar refractivity (Wildman–Crippen MR) is 93.0 cm³/mol. The zero-order valence-corrected chi connectivity index (χ0v) is 14.1. The normalized spacial score (nSPS) is 10.8. The van der Waals surface area contributed by atoms with Crippen LogP contribution in [0.3, 0.4) is 0 Å². The van der Waals surface area contributed by atoms with Crippen LogP contribution in [0.15, 0.2) is 24.3 Å². The Bertz CT molecular complexity index is 637. The van der Waals surface area contributed by atoms with Crippen molar-refractivity contribution in [1.82, 2.24) is 14.9 Å². The zero-order valence-electron chi connectivity index (χ0n) is 14.1. The maximum atomic E-state index is 4.47. The minimum absolute atomic E-state index is 0.752. The molecule has 0 aliphatic carbocycles. The summed E-state index contributed by atoms with van der Waals surface area (Å²) in [5.41, 5.74) is 3.58. The van der Waals surface area contributed by atoms with E-state index in [0.717, 1.165) is 36.2 Å². The van der Waals surface area contributed by atoms with Crippen LogP contribution in [0.25, 0.3) is 0 Å². The third kappa shape index (κ3) is 4.43. The second-order valence-corrected chi connectivity index (χ2v) is 5.79. The van der Waals surface area contributed by atoms with Crippen molar-refractivity contribution in [2.75, 3.05) is 37.8 Å². The Morgan fingerprint density at radius 2 is 1.77 bits per heavy atom. The highest BCUT2D eigenvalue weighted by Crippen LogP contribution is 2.22. The second-order valence-electron chi connectivity index (χ2n) is 5.79. The van der Waals surface area contributed by atoms with E-state index < -0.39 is 0 Å². The maximum absolute atomic E-state index is 4.47. The molecule has 1 aromatic carbocycles. The summed E-state index contributed by atoms with van der Waals surface area (Å²) < 4.78 is 0. The van der Waals surface area contributed by atoms with E-state index in [1.165, 1.54) is 11.1 Å². The first-order valence-corrected chi connectivity index (χ1v) is 7.53. The first kappa shape index (κ1) is 16.2. The molecule has 0 saturated carbocycles. The molecule has 2 N–H and O–H groups in total. The summed E-state index contributed by atoms with van der Waals surface area (Å²) >= 11 is 0. The number of benzene rings is 1. The van der Waals surface area contributed by atoms with E-state index in [1.54, 1.807) is 0 Å². The number of hydrogen-bond donors (Lipinski definition) is 2. The fourth-order valence-corrected chi connectivity index (χ4v) is 2.15. The molecule has 1 aromatic heterocycles. The molecular weight excluding hydrogens is 274 g/mol. The van der Waals surface area contributed by atoms with Crippen LogP contribution >= 0.6 is 0 Å². The number of rotatable bonds is 6. The summed E-state index contributed by atoms with van der Waals surface area (Å²) in [6.45, 7) is 7.95. The number of nitrogens with zero attached hydrogens (tertiary/aromatic N) is 3. The van der Waals surface area contributed by atoms with Crippen LogP contribution in [0.2, 0.25) is 0 Å². The van der Waals surface area contributed by atoms with E-state index in [2.05, 4.69) is 71.6 Å². The molecule has 0 saturated heterocycles. The predicted octanol–water partition coefficient (Wildman–Crippen LogP) is 3.12. The number of nitrogens with one attached hydrogen (secondary N) is 2. The minimum Gasteiger partial charge on any atom is -0.369 e. The van der Waals surface area contributed by atoms with Gasteiger partial charge in [0.2, 0.25) is 0 Å². The molecule has 0 aliphatic rings. The molecule has 0 bridgehead atoms. The summed E-state index contributed by atoms with van der Waals surface area (Å²) in [6.07, 6.45) is 0. The van der Waals surface area contributed by atoms with Crippen molar-refractivity contribution in [1.29, 1.82) is 0 Å². The molecule has 2 rings (SSSR count). The summed E-state index contributed by atoms with van der Waals surface area (Å²) in [4.78, 5) is 11.0. The van der Waals surface area contributed by atoms with Crippen LogP contribution in [-0.2, 0) is 0 Å². The van der Waals surface area contributed by atoms with Crippen molar-refractivity contribution in [3.8, 4) is 0 Å². The zero-order chi connectivity index (χ0) is 16.1. The maximum Gasteiger partial charge on any atom is 0.136 e. The lowest BCUT2D eigenvalue weighted by Crippen LogP contribution is -2.21. The molecule has 0 fully saturated rings. The van der Waals surface area contributed by atoms with Gasteiger partial charge in [0.1, 0.15) is 17.5 Å². The van der Waals surface area contributed by atoms with Crippen molar-refractivity contribution in [2.24, 2.45) is 0 Å². The van der Waals surface area contributed by atoms with Gasteiger partial charge in [-0.1, -0.05) is 12.1 Å². The van der Waals surface area contributed by atoms with E-state index in [0.29, 0.717) is 0 Å². The summed E-state index contributed by atoms with van der Waals surface area (Å²) in [5.74, 6) is 2.42. The first-order chi connectivity index (χ1) is 10.5. The third-order valence-electron chi connectivity index (χ3n) is 3.57. The molecule has 5 heteroatoms. The van der Waals surface area contributed by atoms with Crippen molar-refractivity contribution in [2.45, 2.75) is 20.8 Å². The van der Waals surface area contributed by atoms with Gasteiger partial charge >= 0.3 is 0 Å². The van der Waals surface area contributed by atoms with Crippen LogP contribution in [0.1, 0.15) is 17.0 Å². The average Bonchev–Trinajstić information content (AvgIpc) is 2.43. The standard InChI is InChI=1S/C17H25N5/c1-12-7-6-8-15(13(12)2)21-17-11-16(19-14(3)20-17)18-9-10-22(4)5/h6-8,11H,9-10H2,1-5H3,(H2,18,19,20,21). The molecule has 118 valence electrons. The summed E-state index contributed by atoms with van der Waals surface area (Å²) in [6, 6.07) is 8.18. The summed E-state index contributed by atoms with van der Waals surface area (Å²) in [7, 11) is 4.11. The van der Waals surface area contributed by atoms with E-state index >= 15 is 0 Å². The summed E-state index contributed by atoms with van der Waals surface area (Å²) in [5, 5.41) is 6.73. The smallest absolute Gasteiger partial charge is 0.136 e. The highest BCUT2D eigenvalue weighted by molar-refractivity contribution is 5.63. The van der Waals surface area contributed by atoms with Crippen molar-refractivity contribution < 1.29 is 0 Å². The van der Waals surface area contributed by atoms with Gasteiger partial charge in [-0.2, -0.15) is 0 Å². The molecule has 0 unspecified atom stereocenters. The number of aryl methyl sites for hydroxylation is 2. The van der Waals surface area contributed by atoms with E-state index in [9.17, 15) is 0 Å². The lowest BCUT2D eigenvalue weighted by Gasteiger charge is -2.14. The molecule has 0 amide bonds. The van der Waals surface area contributed by atoms with Gasteiger partial charge in [0.25, 0.3) is 0 Å². The second kappa shape index (κ2) is 7.22. The van der Waals surface area contributed by atoms with Crippen molar-refractivity contribution in [3.05, 3.63) is 41.2 Å². The molecule has 0 aliphatic heterocycles. The average molecular weight is 299 g/mol. The highest BCUT2D eigenvalue weighted by Gasteiger charge is 2.05. The van der Waals surface area contributed by atoms with E-state index in [1.807, 2.05) is 13.0 Å². The molecular formula is C17H25N5. The number of aromatic nitrogens is 2. The first-order valence-electron chi connectivity index (χ1n) is 7.53. The van der Waals surface area contributed by atoms with Gasteiger partial charge in [-0.3, -0.25) is 0 Å². The van der Waals surface area contributed by atoms with Gasteiger partial charge < -0.3 is 15.5 Å². The fourth-order valence-electron chi connectivity index (χ4n) is 2.15. The molecule has 5 nitrogen and oxygen atoms in total. The quantitative estimate of drug-likeness (QED) is 0.858. The Morgan fingerprint density at radius 1 is 1.05 bits per heavy atom. The van der Waals surface area contributed by atoms with Crippen LogP contribution in [-0.4, -0.2) is 42.1 Å². The van der Waals surface area contributed by atoms with E-state index in [-0.39, 0.29) is 0 Å². The Kier molecular flexibility index (Phi) is 5.33. The van der Waals surface area contributed by atoms with Gasteiger partial charge in [0.05, 0.1) is 0 Å². The van der Waals surface area contributed by atoms with Crippen molar-refractivity contribution >= 4 is 17.3 Å². The Morgan fingerprint density at radius 3 is 2.50 bits per heavy atom. The number of hydrogen-bond acceptors (Lipinski definition) is 5. The third-order valence-corrected chi connectivity index (χ3v) is 3.57. The SMILES string of the molecule is Cc1nc(NCCN(C)C)cc(Nc2cccc(C)c2C)n1. The Balaban J connectivity index is 2.14. The minimum atomic E-state index is 0.752. The largest absolute Gasteiger partial charge is 0.369 e. The monoisotopic (exact) mass is 299 g/mol. The molecule has 0 atom stereocenters. The lowest BCUT2D eigenvalue weighted by molar-refractivity contribution is 0.425. The van der Waals surface area contributed by atoms with Crippen LogP contribution in [0.4, 0.5) is 17.3 Å². The Hall–Kier alpha value is -2.14. The van der Waals surface area contributed by atoms with Crippen LogP contribution in [0.5, 0.6) is 0 Å². The molecule has 0 radical (unpaired) electrons. The van der Waals surface area contributed by atoms with Crippen molar-refractivity contribution in [3.63, 3.8) is 0 Å².